The second kappa shape index (κ2) is 5.96. The highest BCUT2D eigenvalue weighted by molar-refractivity contribution is 7.98. The minimum absolute atomic E-state index is 0.737. The highest BCUT2D eigenvalue weighted by atomic mass is 35.5. The van der Waals surface area contributed by atoms with E-state index in [0.717, 1.165) is 27.1 Å². The predicted octanol–water partition coefficient (Wildman–Crippen LogP) is 5.22. The second-order valence-electron chi connectivity index (χ2n) is 4.81. The zero-order chi connectivity index (χ0) is 14.8. The molecule has 0 aliphatic rings. The SMILES string of the molecule is CSc1ncc(-c2ccc(C)cc2)n1-c1ccc(Cl)cc1. The molecule has 0 N–H and O–H groups in total. The third-order valence-electron chi connectivity index (χ3n) is 3.34. The predicted molar refractivity (Wildman–Crippen MR) is 90.5 cm³/mol. The minimum atomic E-state index is 0.737. The number of rotatable bonds is 3. The van der Waals surface area contributed by atoms with Crippen molar-refractivity contribution < 1.29 is 0 Å². The van der Waals surface area contributed by atoms with Crippen LogP contribution in [0.2, 0.25) is 5.02 Å². The first-order valence-corrected chi connectivity index (χ1v) is 8.24. The molecule has 0 unspecified atom stereocenters. The van der Waals surface area contributed by atoms with Gasteiger partial charge in [-0.25, -0.2) is 4.98 Å². The molecule has 0 amide bonds. The monoisotopic (exact) mass is 314 g/mol. The second-order valence-corrected chi connectivity index (χ2v) is 6.02. The summed E-state index contributed by atoms with van der Waals surface area (Å²) < 4.78 is 2.16. The van der Waals surface area contributed by atoms with Gasteiger partial charge in [0.25, 0.3) is 0 Å². The molecule has 0 radical (unpaired) electrons. The molecule has 106 valence electrons. The maximum Gasteiger partial charge on any atom is 0.172 e. The average molecular weight is 315 g/mol. The van der Waals surface area contributed by atoms with E-state index in [9.17, 15) is 0 Å². The van der Waals surface area contributed by atoms with E-state index in [1.807, 2.05) is 36.7 Å². The molecular weight excluding hydrogens is 300 g/mol. The molecule has 0 saturated heterocycles. The molecule has 2 nitrogen and oxygen atoms in total. The number of thioether (sulfide) groups is 1. The van der Waals surface area contributed by atoms with Crippen LogP contribution in [0.15, 0.2) is 59.9 Å². The lowest BCUT2D eigenvalue weighted by Crippen LogP contribution is -1.98. The molecule has 3 aromatic rings. The van der Waals surface area contributed by atoms with Gasteiger partial charge in [0.05, 0.1) is 11.9 Å². The van der Waals surface area contributed by atoms with Crippen LogP contribution < -0.4 is 0 Å². The van der Waals surface area contributed by atoms with Gasteiger partial charge in [-0.3, -0.25) is 4.57 Å². The summed E-state index contributed by atoms with van der Waals surface area (Å²) in [6.07, 6.45) is 3.96. The summed E-state index contributed by atoms with van der Waals surface area (Å²) in [5.74, 6) is 0. The van der Waals surface area contributed by atoms with E-state index in [0.29, 0.717) is 0 Å². The van der Waals surface area contributed by atoms with Gasteiger partial charge >= 0.3 is 0 Å². The van der Waals surface area contributed by atoms with Crippen LogP contribution in [0.1, 0.15) is 5.56 Å². The Morgan fingerprint density at radius 1 is 1.00 bits per heavy atom. The fourth-order valence-corrected chi connectivity index (χ4v) is 2.92. The molecule has 0 aliphatic heterocycles. The molecule has 1 heterocycles. The Balaban J connectivity index is 2.16. The van der Waals surface area contributed by atoms with Crippen molar-refractivity contribution >= 4 is 23.4 Å². The van der Waals surface area contributed by atoms with Gasteiger partial charge in [0.1, 0.15) is 0 Å². The van der Waals surface area contributed by atoms with Crippen molar-refractivity contribution in [2.45, 2.75) is 12.1 Å². The zero-order valence-electron chi connectivity index (χ0n) is 11.9. The van der Waals surface area contributed by atoms with Crippen molar-refractivity contribution in [3.63, 3.8) is 0 Å². The summed E-state index contributed by atoms with van der Waals surface area (Å²) in [4.78, 5) is 4.53. The molecule has 0 bridgehead atoms. The Morgan fingerprint density at radius 2 is 1.67 bits per heavy atom. The zero-order valence-corrected chi connectivity index (χ0v) is 13.4. The quantitative estimate of drug-likeness (QED) is 0.617. The maximum absolute atomic E-state index is 5.99. The molecule has 0 atom stereocenters. The summed E-state index contributed by atoms with van der Waals surface area (Å²) in [7, 11) is 0. The average Bonchev–Trinajstić information content (AvgIpc) is 2.93. The van der Waals surface area contributed by atoms with Gasteiger partial charge in [-0.15, -0.1) is 0 Å². The fourth-order valence-electron chi connectivity index (χ4n) is 2.25. The van der Waals surface area contributed by atoms with Crippen LogP contribution >= 0.6 is 23.4 Å². The lowest BCUT2D eigenvalue weighted by molar-refractivity contribution is 0.903. The van der Waals surface area contributed by atoms with Crippen LogP contribution in [-0.2, 0) is 0 Å². The normalized spacial score (nSPS) is 10.8. The number of nitrogens with zero attached hydrogens (tertiary/aromatic N) is 2. The Bertz CT molecular complexity index is 745. The standard InChI is InChI=1S/C17H15ClN2S/c1-12-3-5-13(6-4-12)16-11-19-17(21-2)20(16)15-9-7-14(18)8-10-15/h3-11H,1-2H3. The number of hydrogen-bond acceptors (Lipinski definition) is 2. The molecule has 3 rings (SSSR count). The highest BCUT2D eigenvalue weighted by Crippen LogP contribution is 2.29. The first-order valence-electron chi connectivity index (χ1n) is 6.64. The van der Waals surface area contributed by atoms with E-state index in [1.54, 1.807) is 11.8 Å². The summed E-state index contributed by atoms with van der Waals surface area (Å²) in [5.41, 5.74) is 4.56. The molecule has 0 aliphatic carbocycles. The smallest absolute Gasteiger partial charge is 0.172 e. The molecule has 0 spiro atoms. The van der Waals surface area contributed by atoms with Crippen LogP contribution in [-0.4, -0.2) is 15.8 Å². The van der Waals surface area contributed by atoms with E-state index >= 15 is 0 Å². The number of halogens is 1. The third kappa shape index (κ3) is 2.85. The van der Waals surface area contributed by atoms with Crippen molar-refractivity contribution in [1.29, 1.82) is 0 Å². The van der Waals surface area contributed by atoms with Crippen LogP contribution in [0.3, 0.4) is 0 Å². The number of benzene rings is 2. The van der Waals surface area contributed by atoms with E-state index in [4.69, 9.17) is 11.6 Å². The van der Waals surface area contributed by atoms with Crippen LogP contribution in [0.25, 0.3) is 16.9 Å². The summed E-state index contributed by atoms with van der Waals surface area (Å²) >= 11 is 7.62. The highest BCUT2D eigenvalue weighted by Gasteiger charge is 2.12. The topological polar surface area (TPSA) is 17.8 Å². The molecule has 21 heavy (non-hydrogen) atoms. The lowest BCUT2D eigenvalue weighted by atomic mass is 10.1. The molecule has 0 fully saturated rings. The number of aryl methyl sites for hydroxylation is 1. The molecule has 4 heteroatoms. The van der Waals surface area contributed by atoms with Crippen molar-refractivity contribution in [3.05, 3.63) is 65.3 Å². The van der Waals surface area contributed by atoms with Crippen LogP contribution in [0.4, 0.5) is 0 Å². The van der Waals surface area contributed by atoms with E-state index < -0.39 is 0 Å². The molecule has 1 aromatic heterocycles. The van der Waals surface area contributed by atoms with Gasteiger partial charge < -0.3 is 0 Å². The summed E-state index contributed by atoms with van der Waals surface area (Å²) in [5, 5.41) is 1.70. The van der Waals surface area contributed by atoms with Crippen molar-refractivity contribution in [2.75, 3.05) is 6.26 Å². The maximum atomic E-state index is 5.99. The first-order chi connectivity index (χ1) is 10.2. The lowest BCUT2D eigenvalue weighted by Gasteiger charge is -2.11. The number of aromatic nitrogens is 2. The van der Waals surface area contributed by atoms with E-state index in [2.05, 4.69) is 40.7 Å². The van der Waals surface area contributed by atoms with E-state index in [1.165, 1.54) is 5.56 Å². The van der Waals surface area contributed by atoms with Gasteiger partial charge in [0.15, 0.2) is 5.16 Å². The van der Waals surface area contributed by atoms with Gasteiger partial charge in [-0.1, -0.05) is 53.2 Å². The van der Waals surface area contributed by atoms with Gasteiger partial charge in [-0.2, -0.15) is 0 Å². The van der Waals surface area contributed by atoms with Crippen molar-refractivity contribution in [2.24, 2.45) is 0 Å². The Morgan fingerprint density at radius 3 is 2.29 bits per heavy atom. The summed E-state index contributed by atoms with van der Waals surface area (Å²) in [6, 6.07) is 16.3. The Labute approximate surface area is 133 Å². The number of imidazole rings is 1. The van der Waals surface area contributed by atoms with Crippen molar-refractivity contribution in [1.82, 2.24) is 9.55 Å². The Hall–Kier alpha value is -1.71. The molecular formula is C17H15ClN2S. The minimum Gasteiger partial charge on any atom is -0.287 e. The van der Waals surface area contributed by atoms with E-state index in [-0.39, 0.29) is 0 Å². The third-order valence-corrected chi connectivity index (χ3v) is 4.25. The van der Waals surface area contributed by atoms with Crippen LogP contribution in [0.5, 0.6) is 0 Å². The van der Waals surface area contributed by atoms with Gasteiger partial charge in [0, 0.05) is 16.3 Å². The number of hydrogen-bond donors (Lipinski definition) is 0. The van der Waals surface area contributed by atoms with Crippen LogP contribution in [0, 0.1) is 6.92 Å². The fraction of sp³-hybridized carbons (Fsp3) is 0.118. The Kier molecular flexibility index (Phi) is 4.04. The van der Waals surface area contributed by atoms with Gasteiger partial charge in [0.2, 0.25) is 0 Å². The van der Waals surface area contributed by atoms with Gasteiger partial charge in [-0.05, 0) is 37.4 Å². The summed E-state index contributed by atoms with van der Waals surface area (Å²) in [6.45, 7) is 2.09. The van der Waals surface area contributed by atoms with Crippen molar-refractivity contribution in [3.8, 4) is 16.9 Å². The first kappa shape index (κ1) is 14.2. The molecule has 2 aromatic carbocycles. The largest absolute Gasteiger partial charge is 0.287 e. The molecule has 0 saturated carbocycles.